The van der Waals surface area contributed by atoms with Crippen LogP contribution in [0.2, 0.25) is 0 Å². The molecule has 0 saturated carbocycles. The van der Waals surface area contributed by atoms with E-state index in [0.717, 1.165) is 0 Å². The molecule has 1 nitrogen and oxygen atoms in total. The van der Waals surface area contributed by atoms with Crippen LogP contribution in [0.4, 0.5) is 0 Å². The van der Waals surface area contributed by atoms with Crippen LogP contribution in [0.25, 0.3) is 102 Å². The minimum Gasteiger partial charge on any atom is -0.309 e. The summed E-state index contributed by atoms with van der Waals surface area (Å²) in [6, 6.07) is 65.0. The quantitative estimate of drug-likeness (QED) is 0.168. The van der Waals surface area contributed by atoms with Crippen molar-refractivity contribution in [1.82, 2.24) is 4.57 Å². The van der Waals surface area contributed by atoms with Gasteiger partial charge in [0, 0.05) is 36.6 Å². The predicted octanol–water partition coefficient (Wildman–Crippen LogP) is 13.9. The van der Waals surface area contributed by atoms with Gasteiger partial charge in [0.2, 0.25) is 0 Å². The van der Waals surface area contributed by atoms with Gasteiger partial charge in [-0.05, 0) is 91.0 Å². The summed E-state index contributed by atoms with van der Waals surface area (Å²) in [7, 11) is 0. The minimum absolute atomic E-state index is 1.17. The van der Waals surface area contributed by atoms with Gasteiger partial charge in [0.05, 0.1) is 11.0 Å². The zero-order valence-corrected chi connectivity index (χ0v) is 27.9. The Bertz CT molecular complexity index is 3120. The summed E-state index contributed by atoms with van der Waals surface area (Å²) in [6.45, 7) is 0. The van der Waals surface area contributed by atoms with Crippen LogP contribution in [0.5, 0.6) is 0 Å². The minimum atomic E-state index is 1.17. The molecule has 2 aromatic heterocycles. The second-order valence-electron chi connectivity index (χ2n) is 13.3. The fourth-order valence-corrected chi connectivity index (χ4v) is 9.54. The highest BCUT2D eigenvalue weighted by molar-refractivity contribution is 7.26. The van der Waals surface area contributed by atoms with Crippen molar-refractivity contribution in [3.63, 3.8) is 0 Å². The molecule has 0 saturated heterocycles. The van der Waals surface area contributed by atoms with Crippen molar-refractivity contribution in [2.24, 2.45) is 0 Å². The number of hydrogen-bond acceptors (Lipinski definition) is 1. The van der Waals surface area contributed by atoms with Gasteiger partial charge in [0.25, 0.3) is 0 Å². The van der Waals surface area contributed by atoms with Crippen molar-refractivity contribution < 1.29 is 0 Å². The Morgan fingerprint density at radius 2 is 0.880 bits per heavy atom. The van der Waals surface area contributed by atoms with Gasteiger partial charge in [0.15, 0.2) is 0 Å². The number of benzene rings is 9. The Balaban J connectivity index is 1.12. The van der Waals surface area contributed by atoms with Gasteiger partial charge in [-0.3, -0.25) is 0 Å². The third-order valence-corrected chi connectivity index (χ3v) is 11.8. The molecule has 0 bridgehead atoms. The molecule has 0 amide bonds. The summed E-state index contributed by atoms with van der Waals surface area (Å²) in [6.07, 6.45) is 0. The summed E-state index contributed by atoms with van der Waals surface area (Å²) < 4.78 is 5.12. The van der Waals surface area contributed by atoms with E-state index in [1.807, 2.05) is 11.3 Å². The standard InChI is InChI=1S/C48H29NS/c1-2-15-37-35(13-1)36-14-3-4-16-38(36)44-28-30(23-25-39(37)44)31-24-26-41-40-17-5-7-21-45(40)49(46(41)29-31)33-12-9-11-32(27-33)34-19-10-20-43-42-18-6-8-22-47(42)50-48(34)43/h1-29H. The van der Waals surface area contributed by atoms with Crippen molar-refractivity contribution >= 4 is 85.6 Å². The second-order valence-corrected chi connectivity index (χ2v) is 14.3. The van der Waals surface area contributed by atoms with E-state index in [1.165, 1.54) is 102 Å². The molecule has 11 aromatic rings. The van der Waals surface area contributed by atoms with Crippen molar-refractivity contribution in [1.29, 1.82) is 0 Å². The largest absolute Gasteiger partial charge is 0.309 e. The van der Waals surface area contributed by atoms with Gasteiger partial charge < -0.3 is 4.57 Å². The number of para-hydroxylation sites is 1. The maximum absolute atomic E-state index is 2.45. The normalized spacial score (nSPS) is 12.0. The molecule has 0 aliphatic heterocycles. The third kappa shape index (κ3) is 4.00. The van der Waals surface area contributed by atoms with Crippen LogP contribution < -0.4 is 0 Å². The van der Waals surface area contributed by atoms with Gasteiger partial charge in [0.1, 0.15) is 0 Å². The van der Waals surface area contributed by atoms with Crippen LogP contribution in [0.15, 0.2) is 176 Å². The van der Waals surface area contributed by atoms with Crippen molar-refractivity contribution in [3.05, 3.63) is 176 Å². The highest BCUT2D eigenvalue weighted by Crippen LogP contribution is 2.42. The monoisotopic (exact) mass is 651 g/mol. The third-order valence-electron chi connectivity index (χ3n) is 10.6. The molecule has 0 aliphatic rings. The van der Waals surface area contributed by atoms with Gasteiger partial charge in [-0.25, -0.2) is 0 Å². The number of nitrogens with zero attached hydrogens (tertiary/aromatic N) is 1. The first-order valence-electron chi connectivity index (χ1n) is 17.2. The first-order valence-corrected chi connectivity index (χ1v) is 18.0. The Morgan fingerprint density at radius 1 is 0.320 bits per heavy atom. The van der Waals surface area contributed by atoms with Gasteiger partial charge >= 0.3 is 0 Å². The van der Waals surface area contributed by atoms with Crippen LogP contribution in [0.1, 0.15) is 0 Å². The smallest absolute Gasteiger partial charge is 0.0547 e. The molecule has 50 heavy (non-hydrogen) atoms. The molecule has 232 valence electrons. The Hall–Kier alpha value is -6.22. The van der Waals surface area contributed by atoms with Crippen LogP contribution >= 0.6 is 11.3 Å². The molecule has 0 spiro atoms. The van der Waals surface area contributed by atoms with E-state index in [2.05, 4.69) is 180 Å². The maximum Gasteiger partial charge on any atom is 0.0547 e. The predicted molar refractivity (Wildman–Crippen MR) is 217 cm³/mol. The molecule has 0 N–H and O–H groups in total. The van der Waals surface area contributed by atoms with Crippen LogP contribution in [0, 0.1) is 0 Å². The highest BCUT2D eigenvalue weighted by atomic mass is 32.1. The lowest BCUT2D eigenvalue weighted by Gasteiger charge is -2.13. The Kier molecular flexibility index (Phi) is 5.89. The first kappa shape index (κ1) is 27.7. The molecular formula is C48H29NS. The Morgan fingerprint density at radius 3 is 1.66 bits per heavy atom. The van der Waals surface area contributed by atoms with Gasteiger partial charge in [-0.1, -0.05) is 140 Å². The lowest BCUT2D eigenvalue weighted by Crippen LogP contribution is -1.94. The second kappa shape index (κ2) is 10.6. The lowest BCUT2D eigenvalue weighted by molar-refractivity contribution is 1.18. The maximum atomic E-state index is 2.45. The van der Waals surface area contributed by atoms with Gasteiger partial charge in [-0.2, -0.15) is 0 Å². The highest BCUT2D eigenvalue weighted by Gasteiger charge is 2.16. The van der Waals surface area contributed by atoms with Crippen molar-refractivity contribution in [2.45, 2.75) is 0 Å². The molecule has 11 rings (SSSR count). The van der Waals surface area contributed by atoms with E-state index >= 15 is 0 Å². The summed E-state index contributed by atoms with van der Waals surface area (Å²) >= 11 is 1.89. The van der Waals surface area contributed by atoms with Crippen LogP contribution in [-0.4, -0.2) is 4.57 Å². The molecule has 0 unspecified atom stereocenters. The summed E-state index contributed by atoms with van der Waals surface area (Å²) in [4.78, 5) is 0. The van der Waals surface area contributed by atoms with Crippen molar-refractivity contribution in [2.75, 3.05) is 0 Å². The van der Waals surface area contributed by atoms with E-state index in [-0.39, 0.29) is 0 Å². The zero-order valence-electron chi connectivity index (χ0n) is 27.1. The molecule has 2 heterocycles. The van der Waals surface area contributed by atoms with Gasteiger partial charge in [-0.15, -0.1) is 11.3 Å². The Labute approximate surface area is 292 Å². The van der Waals surface area contributed by atoms with Crippen LogP contribution in [-0.2, 0) is 0 Å². The number of fused-ring (bicyclic) bond motifs is 12. The molecular weight excluding hydrogens is 623 g/mol. The first-order chi connectivity index (χ1) is 24.8. The van der Waals surface area contributed by atoms with E-state index in [1.54, 1.807) is 0 Å². The topological polar surface area (TPSA) is 4.93 Å². The summed E-state index contributed by atoms with van der Waals surface area (Å²) in [5, 5.41) is 13.0. The number of hydrogen-bond donors (Lipinski definition) is 0. The summed E-state index contributed by atoms with van der Waals surface area (Å²) in [5.41, 5.74) is 8.55. The van der Waals surface area contributed by atoms with E-state index in [4.69, 9.17) is 0 Å². The molecule has 2 heteroatoms. The van der Waals surface area contributed by atoms with E-state index in [9.17, 15) is 0 Å². The number of thiophene rings is 1. The number of rotatable bonds is 3. The molecule has 0 radical (unpaired) electrons. The fourth-order valence-electron chi connectivity index (χ4n) is 8.30. The zero-order chi connectivity index (χ0) is 32.8. The lowest BCUT2D eigenvalue weighted by atomic mass is 9.92. The van der Waals surface area contributed by atoms with Crippen molar-refractivity contribution in [3.8, 4) is 27.9 Å². The fraction of sp³-hybridized carbons (Fsp3) is 0. The molecule has 0 aliphatic carbocycles. The SMILES string of the molecule is c1cc(-c2cccc3c2sc2ccccc23)cc(-n2c3ccccc3c3ccc(-c4ccc5c6ccccc6c6ccccc6c5c4)cc32)c1. The summed E-state index contributed by atoms with van der Waals surface area (Å²) in [5.74, 6) is 0. The molecule has 0 atom stereocenters. The average molecular weight is 652 g/mol. The molecule has 0 fully saturated rings. The van der Waals surface area contributed by atoms with E-state index < -0.39 is 0 Å². The van der Waals surface area contributed by atoms with E-state index in [0.29, 0.717) is 0 Å². The number of aromatic nitrogens is 1. The van der Waals surface area contributed by atoms with Crippen LogP contribution in [0.3, 0.4) is 0 Å². The average Bonchev–Trinajstić information content (AvgIpc) is 3.73. The molecule has 9 aromatic carbocycles.